The Morgan fingerprint density at radius 3 is 2.80 bits per heavy atom. The van der Waals surface area contributed by atoms with Gasteiger partial charge in [-0.2, -0.15) is 5.10 Å². The summed E-state index contributed by atoms with van der Waals surface area (Å²) >= 11 is 0. The largest absolute Gasteiger partial charge is 0.476 e. The highest BCUT2D eigenvalue weighted by Gasteiger charge is 2.29. The van der Waals surface area contributed by atoms with Crippen LogP contribution in [0.15, 0.2) is 54.9 Å². The zero-order chi connectivity index (χ0) is 20.7. The summed E-state index contributed by atoms with van der Waals surface area (Å²) < 4.78 is 0. The van der Waals surface area contributed by atoms with E-state index in [0.29, 0.717) is 29.8 Å². The lowest BCUT2D eigenvalue weighted by Crippen LogP contribution is -2.36. The molecule has 0 bridgehead atoms. The van der Waals surface area contributed by atoms with Crippen LogP contribution in [0.3, 0.4) is 0 Å². The number of aromatic carboxylic acids is 1. The van der Waals surface area contributed by atoms with Crippen LogP contribution >= 0.6 is 0 Å². The number of aromatic nitrogens is 4. The minimum atomic E-state index is -1.10. The molecule has 1 aliphatic heterocycles. The highest BCUT2D eigenvalue weighted by Crippen LogP contribution is 2.28. The molecule has 0 unspecified atom stereocenters. The van der Waals surface area contributed by atoms with Gasteiger partial charge in [0.2, 0.25) is 0 Å². The number of nitrogens with zero attached hydrogens (tertiary/aromatic N) is 4. The van der Waals surface area contributed by atoms with Gasteiger partial charge in [0, 0.05) is 47.6 Å². The molecule has 5 rings (SSSR count). The molecule has 2 N–H and O–H groups in total. The third-order valence-electron chi connectivity index (χ3n) is 5.33. The van der Waals surface area contributed by atoms with Crippen LogP contribution in [0.4, 0.5) is 0 Å². The molecule has 1 aromatic carbocycles. The highest BCUT2D eigenvalue weighted by molar-refractivity contribution is 6.07. The first-order chi connectivity index (χ1) is 14.6. The smallest absolute Gasteiger partial charge is 0.356 e. The first-order valence-electron chi connectivity index (χ1n) is 9.50. The van der Waals surface area contributed by atoms with Gasteiger partial charge >= 0.3 is 5.97 Å². The molecule has 4 aromatic rings. The maximum atomic E-state index is 13.5. The molecule has 4 heterocycles. The molecule has 8 nitrogen and oxygen atoms in total. The van der Waals surface area contributed by atoms with Gasteiger partial charge in [-0.15, -0.1) is 0 Å². The van der Waals surface area contributed by atoms with Crippen molar-refractivity contribution in [1.82, 2.24) is 25.1 Å². The number of rotatable bonds is 3. The summed E-state index contributed by atoms with van der Waals surface area (Å²) in [4.78, 5) is 35.5. The van der Waals surface area contributed by atoms with Crippen LogP contribution in [0.5, 0.6) is 0 Å². The topological polar surface area (TPSA) is 112 Å². The third kappa shape index (κ3) is 2.98. The summed E-state index contributed by atoms with van der Waals surface area (Å²) in [5.74, 6) is -1.27. The van der Waals surface area contributed by atoms with Gasteiger partial charge in [-0.1, -0.05) is 18.2 Å². The average Bonchev–Trinajstić information content (AvgIpc) is 3.22. The van der Waals surface area contributed by atoms with Crippen molar-refractivity contribution >= 4 is 22.8 Å². The zero-order valence-electron chi connectivity index (χ0n) is 15.9. The molecule has 30 heavy (non-hydrogen) atoms. The van der Waals surface area contributed by atoms with Crippen LogP contribution in [0.25, 0.3) is 22.2 Å². The van der Waals surface area contributed by atoms with E-state index in [4.69, 9.17) is 4.98 Å². The molecule has 0 fully saturated rings. The first kappa shape index (κ1) is 18.0. The number of carboxylic acids is 1. The van der Waals surface area contributed by atoms with E-state index < -0.39 is 5.97 Å². The monoisotopic (exact) mass is 399 g/mol. The van der Waals surface area contributed by atoms with Crippen molar-refractivity contribution in [2.24, 2.45) is 0 Å². The molecule has 1 amide bonds. The number of amides is 1. The van der Waals surface area contributed by atoms with E-state index in [1.54, 1.807) is 23.4 Å². The number of benzene rings is 1. The standard InChI is InChI=1S/C22H17N5O3/c28-21(27-9-7-18-16(12-27)20(22(29)30)26-25-18)15-10-19(13-4-3-8-23-11-13)24-17-6-2-1-5-14(15)17/h1-6,8,10-11H,7,9,12H2,(H,25,26)(H,29,30). The second kappa shape index (κ2) is 7.07. The summed E-state index contributed by atoms with van der Waals surface area (Å²) in [5.41, 5.74) is 4.04. The van der Waals surface area contributed by atoms with Crippen LogP contribution < -0.4 is 0 Å². The van der Waals surface area contributed by atoms with Crippen molar-refractivity contribution in [3.05, 3.63) is 77.4 Å². The molecule has 0 saturated carbocycles. The van der Waals surface area contributed by atoms with Gasteiger partial charge in [-0.3, -0.25) is 14.9 Å². The summed E-state index contributed by atoms with van der Waals surface area (Å²) in [6.07, 6.45) is 3.93. The average molecular weight is 399 g/mol. The van der Waals surface area contributed by atoms with Gasteiger partial charge < -0.3 is 10.0 Å². The van der Waals surface area contributed by atoms with E-state index in [2.05, 4.69) is 15.2 Å². The minimum absolute atomic E-state index is 0.0295. The Balaban J connectivity index is 1.58. The molecular weight excluding hydrogens is 382 g/mol. The lowest BCUT2D eigenvalue weighted by molar-refractivity contribution is 0.0674. The number of nitrogens with one attached hydrogen (secondary N) is 1. The molecule has 1 aliphatic rings. The van der Waals surface area contributed by atoms with Gasteiger partial charge in [-0.05, 0) is 24.3 Å². The quantitative estimate of drug-likeness (QED) is 0.548. The Hall–Kier alpha value is -4.07. The number of hydrogen-bond acceptors (Lipinski definition) is 5. The van der Waals surface area contributed by atoms with Crippen LogP contribution in [0.2, 0.25) is 0 Å². The van der Waals surface area contributed by atoms with Crippen molar-refractivity contribution < 1.29 is 14.7 Å². The maximum Gasteiger partial charge on any atom is 0.356 e. The molecule has 0 spiro atoms. The highest BCUT2D eigenvalue weighted by atomic mass is 16.4. The fraction of sp³-hybridized carbons (Fsp3) is 0.136. The first-order valence-corrected chi connectivity index (χ1v) is 9.50. The number of pyridine rings is 2. The Morgan fingerprint density at radius 2 is 2.00 bits per heavy atom. The van der Waals surface area contributed by atoms with Crippen LogP contribution in [0.1, 0.15) is 32.1 Å². The SMILES string of the molecule is O=C(O)c1n[nH]c2c1CN(C(=O)c1cc(-c3cccnc3)nc3ccccc13)CC2. The third-order valence-corrected chi connectivity index (χ3v) is 5.33. The second-order valence-corrected chi connectivity index (χ2v) is 7.13. The molecule has 0 radical (unpaired) electrons. The molecule has 0 saturated heterocycles. The predicted octanol–water partition coefficient (Wildman–Crippen LogP) is 2.92. The number of hydrogen-bond donors (Lipinski definition) is 2. The Labute approximate surface area is 171 Å². The number of fused-ring (bicyclic) bond motifs is 2. The van der Waals surface area contributed by atoms with E-state index >= 15 is 0 Å². The summed E-state index contributed by atoms with van der Waals surface area (Å²) in [7, 11) is 0. The van der Waals surface area contributed by atoms with Gasteiger partial charge in [0.05, 0.1) is 23.3 Å². The van der Waals surface area contributed by atoms with E-state index in [1.807, 2.05) is 36.4 Å². The van der Waals surface area contributed by atoms with Crippen molar-refractivity contribution in [3.8, 4) is 11.3 Å². The molecule has 148 valence electrons. The van der Waals surface area contributed by atoms with Crippen molar-refractivity contribution in [2.45, 2.75) is 13.0 Å². The predicted molar refractivity (Wildman–Crippen MR) is 109 cm³/mol. The lowest BCUT2D eigenvalue weighted by atomic mass is 10.0. The van der Waals surface area contributed by atoms with Crippen LogP contribution in [-0.2, 0) is 13.0 Å². The summed E-state index contributed by atoms with van der Waals surface area (Å²) in [6, 6.07) is 13.0. The lowest BCUT2D eigenvalue weighted by Gasteiger charge is -2.27. The Kier molecular flexibility index (Phi) is 4.24. The minimum Gasteiger partial charge on any atom is -0.476 e. The zero-order valence-corrected chi connectivity index (χ0v) is 15.9. The summed E-state index contributed by atoms with van der Waals surface area (Å²) in [6.45, 7) is 0.678. The van der Waals surface area contributed by atoms with Gasteiger partial charge in [-0.25, -0.2) is 9.78 Å². The van der Waals surface area contributed by atoms with Crippen molar-refractivity contribution in [2.75, 3.05) is 6.54 Å². The fourth-order valence-electron chi connectivity index (χ4n) is 3.83. The number of para-hydroxylation sites is 1. The Morgan fingerprint density at radius 1 is 1.13 bits per heavy atom. The van der Waals surface area contributed by atoms with E-state index in [-0.39, 0.29) is 18.1 Å². The van der Waals surface area contributed by atoms with Gasteiger partial charge in [0.25, 0.3) is 5.91 Å². The second-order valence-electron chi connectivity index (χ2n) is 7.13. The van der Waals surface area contributed by atoms with E-state index in [9.17, 15) is 14.7 Å². The molecule has 0 atom stereocenters. The normalized spacial score (nSPS) is 13.3. The molecule has 3 aromatic heterocycles. The van der Waals surface area contributed by atoms with E-state index in [0.717, 1.165) is 22.2 Å². The number of carbonyl (C=O) groups is 2. The number of carboxylic acid groups (broad SMARTS) is 1. The molecule has 0 aliphatic carbocycles. The van der Waals surface area contributed by atoms with Crippen LogP contribution in [0, 0.1) is 0 Å². The number of carbonyl (C=O) groups excluding carboxylic acids is 1. The molecular formula is C22H17N5O3. The van der Waals surface area contributed by atoms with Crippen LogP contribution in [-0.4, -0.2) is 48.6 Å². The maximum absolute atomic E-state index is 13.5. The fourth-order valence-corrected chi connectivity index (χ4v) is 3.83. The summed E-state index contributed by atoms with van der Waals surface area (Å²) in [5, 5.41) is 16.8. The Bertz CT molecular complexity index is 1280. The van der Waals surface area contributed by atoms with Crippen molar-refractivity contribution in [1.29, 1.82) is 0 Å². The van der Waals surface area contributed by atoms with Gasteiger partial charge in [0.15, 0.2) is 5.69 Å². The number of H-pyrrole nitrogens is 1. The van der Waals surface area contributed by atoms with Crippen molar-refractivity contribution in [3.63, 3.8) is 0 Å². The number of aromatic amines is 1. The molecule has 8 heteroatoms. The van der Waals surface area contributed by atoms with E-state index in [1.165, 1.54) is 0 Å². The van der Waals surface area contributed by atoms with Gasteiger partial charge in [0.1, 0.15) is 0 Å².